The number of hydrogen-bond donors (Lipinski definition) is 3. The van der Waals surface area contributed by atoms with Crippen LogP contribution < -0.4 is 15.4 Å². The molecule has 2 aromatic carbocycles. The summed E-state index contributed by atoms with van der Waals surface area (Å²) in [5.41, 5.74) is 1.29. The molecule has 3 N–H and O–H groups in total. The molecule has 0 radical (unpaired) electrons. The van der Waals surface area contributed by atoms with Crippen molar-refractivity contribution in [1.82, 2.24) is 10.6 Å². The Balaban J connectivity index is 1.68. The Morgan fingerprint density at radius 3 is 2.00 bits per heavy atom. The Morgan fingerprint density at radius 1 is 0.804 bits per heavy atom. The summed E-state index contributed by atoms with van der Waals surface area (Å²) in [6, 6.07) is 12.1. The molecule has 3 rings (SSSR count). The van der Waals surface area contributed by atoms with Gasteiger partial charge < -0.3 is 48.9 Å². The maximum atomic E-state index is 12.7. The zero-order valence-corrected chi connectivity index (χ0v) is 28.5. The number of ether oxygens (including phenoxy) is 7. The Hall–Kier alpha value is -5.55. The molecule has 2 aromatic rings. The lowest BCUT2D eigenvalue weighted by molar-refractivity contribution is -0.287. The van der Waals surface area contributed by atoms with E-state index in [1.54, 1.807) is 24.3 Å². The number of alkyl carbamates (subject to hydrolysis) is 1. The maximum absolute atomic E-state index is 12.7. The van der Waals surface area contributed by atoms with E-state index in [-0.39, 0.29) is 18.8 Å². The maximum Gasteiger partial charge on any atom is 0.408 e. The van der Waals surface area contributed by atoms with Crippen LogP contribution in [0.15, 0.2) is 54.6 Å². The molecular weight excluding hydrogens is 676 g/mol. The summed E-state index contributed by atoms with van der Waals surface area (Å²) in [5.74, 6) is -4.72. The number of carbonyl (C=O) groups excluding carboxylic acids is 6. The molecular formula is C34H40N2O15. The monoisotopic (exact) mass is 716 g/mol. The predicted molar refractivity (Wildman–Crippen MR) is 172 cm³/mol. The number of hydrogen-bond acceptors (Lipinski definition) is 14. The SMILES string of the molecule is CC(=O)N[C@H]1[C@H](O[C@H](C)[C@H](NC(=O)OCc2ccc(OC(=O)Cc3ccccc3)cc2)C(=O)O)O[C@H](COC(C)=O)[C@@H](OC(C)=O)[C@@H]1OC(C)=O. The Kier molecular flexibility index (Phi) is 14.9. The van der Waals surface area contributed by atoms with Crippen LogP contribution in [-0.4, -0.2) is 96.3 Å². The lowest BCUT2D eigenvalue weighted by Gasteiger charge is -2.45. The molecule has 17 heteroatoms. The Labute approximate surface area is 292 Å². The summed E-state index contributed by atoms with van der Waals surface area (Å²) >= 11 is 0. The Morgan fingerprint density at radius 2 is 1.43 bits per heavy atom. The van der Waals surface area contributed by atoms with Crippen molar-refractivity contribution >= 4 is 41.8 Å². The van der Waals surface area contributed by atoms with Gasteiger partial charge in [0.2, 0.25) is 5.91 Å². The van der Waals surface area contributed by atoms with E-state index in [0.29, 0.717) is 5.56 Å². The summed E-state index contributed by atoms with van der Waals surface area (Å²) in [6.07, 6.45) is -8.16. The molecule has 0 bridgehead atoms. The average Bonchev–Trinajstić information content (AvgIpc) is 3.04. The van der Waals surface area contributed by atoms with Gasteiger partial charge in [-0.15, -0.1) is 0 Å². The number of esters is 4. The number of rotatable bonds is 15. The van der Waals surface area contributed by atoms with Crippen molar-refractivity contribution in [1.29, 1.82) is 0 Å². The predicted octanol–water partition coefficient (Wildman–Crippen LogP) is 1.58. The minimum atomic E-state index is -1.74. The third kappa shape index (κ3) is 13.0. The smallest absolute Gasteiger partial charge is 0.408 e. The van der Waals surface area contributed by atoms with Crippen molar-refractivity contribution in [3.8, 4) is 5.75 Å². The lowest BCUT2D eigenvalue weighted by atomic mass is 9.95. The highest BCUT2D eigenvalue weighted by Crippen LogP contribution is 2.29. The van der Waals surface area contributed by atoms with E-state index in [1.807, 2.05) is 18.2 Å². The highest BCUT2D eigenvalue weighted by Gasteiger charge is 2.52. The van der Waals surface area contributed by atoms with Crippen LogP contribution in [0.3, 0.4) is 0 Å². The van der Waals surface area contributed by atoms with Crippen LogP contribution >= 0.6 is 0 Å². The number of carboxylic acids is 1. The molecule has 1 aliphatic heterocycles. The van der Waals surface area contributed by atoms with Crippen molar-refractivity contribution in [3.05, 3.63) is 65.7 Å². The fraction of sp³-hybridized carbons (Fsp3) is 0.441. The van der Waals surface area contributed by atoms with Crippen molar-refractivity contribution in [2.45, 2.75) is 90.4 Å². The first-order valence-electron chi connectivity index (χ1n) is 15.7. The van der Waals surface area contributed by atoms with Gasteiger partial charge in [-0.25, -0.2) is 9.59 Å². The molecule has 1 heterocycles. The van der Waals surface area contributed by atoms with Crippen molar-refractivity contribution in [2.75, 3.05) is 6.61 Å². The molecule has 0 unspecified atom stereocenters. The average molecular weight is 717 g/mol. The molecule has 0 aromatic heterocycles. The van der Waals surface area contributed by atoms with E-state index in [2.05, 4.69) is 10.6 Å². The number of benzene rings is 2. The molecule has 0 spiro atoms. The zero-order chi connectivity index (χ0) is 37.7. The third-order valence-corrected chi connectivity index (χ3v) is 7.15. The first-order valence-corrected chi connectivity index (χ1v) is 15.7. The molecule has 1 aliphatic rings. The number of carboxylic acid groups (broad SMARTS) is 1. The van der Waals surface area contributed by atoms with Gasteiger partial charge in [0.05, 0.1) is 12.5 Å². The number of nitrogens with one attached hydrogen (secondary N) is 2. The van der Waals surface area contributed by atoms with Gasteiger partial charge in [0.1, 0.15) is 31.1 Å². The van der Waals surface area contributed by atoms with Gasteiger partial charge in [-0.2, -0.15) is 0 Å². The van der Waals surface area contributed by atoms with E-state index >= 15 is 0 Å². The van der Waals surface area contributed by atoms with Crippen LogP contribution in [-0.2, 0) is 70.2 Å². The van der Waals surface area contributed by atoms with E-state index in [4.69, 9.17) is 33.2 Å². The standard InChI is InChI=1S/C34H40N2O15/c1-18(47-33-29(35-19(2)37)31(49-22(5)40)30(48-21(4)39)26(51-33)17-45-20(3)38)28(32(42)43)36-34(44)46-16-24-11-13-25(14-12-24)50-27(41)15-23-9-7-6-8-10-23/h6-14,18,26,28-31,33H,15-17H2,1-5H3,(H,35,37)(H,36,44)(H,42,43)/t18-,26-,28+,29-,30-,31-,33-/m1/s1. The fourth-order valence-corrected chi connectivity index (χ4v) is 4.98. The van der Waals surface area contributed by atoms with Crippen molar-refractivity contribution in [3.63, 3.8) is 0 Å². The summed E-state index contributed by atoms with van der Waals surface area (Å²) in [6.45, 7) is 4.90. The van der Waals surface area contributed by atoms with Crippen LogP contribution in [0.25, 0.3) is 0 Å². The number of amides is 2. The Bertz CT molecular complexity index is 1550. The fourth-order valence-electron chi connectivity index (χ4n) is 4.98. The first kappa shape index (κ1) is 39.9. The number of carbonyl (C=O) groups is 7. The van der Waals surface area contributed by atoms with Gasteiger partial charge in [-0.05, 0) is 30.2 Å². The van der Waals surface area contributed by atoms with Gasteiger partial charge in [0.15, 0.2) is 24.5 Å². The second-order valence-corrected chi connectivity index (χ2v) is 11.4. The second kappa shape index (κ2) is 19.0. The van der Waals surface area contributed by atoms with E-state index in [9.17, 15) is 38.7 Å². The molecule has 0 saturated carbocycles. The molecule has 276 valence electrons. The van der Waals surface area contributed by atoms with Crippen molar-refractivity contribution in [2.24, 2.45) is 0 Å². The van der Waals surface area contributed by atoms with Crippen LogP contribution in [0.1, 0.15) is 45.7 Å². The zero-order valence-electron chi connectivity index (χ0n) is 28.5. The van der Waals surface area contributed by atoms with E-state index in [0.717, 1.165) is 33.3 Å². The van der Waals surface area contributed by atoms with Crippen LogP contribution in [0, 0.1) is 0 Å². The van der Waals surface area contributed by atoms with Crippen LogP contribution in [0.4, 0.5) is 4.79 Å². The molecule has 17 nitrogen and oxygen atoms in total. The third-order valence-electron chi connectivity index (χ3n) is 7.15. The van der Waals surface area contributed by atoms with Gasteiger partial charge in [-0.1, -0.05) is 42.5 Å². The van der Waals surface area contributed by atoms with Gasteiger partial charge >= 0.3 is 35.9 Å². The van der Waals surface area contributed by atoms with E-state index in [1.165, 1.54) is 19.1 Å². The highest BCUT2D eigenvalue weighted by atomic mass is 16.7. The molecule has 7 atom stereocenters. The minimum absolute atomic E-state index is 0.0793. The summed E-state index contributed by atoms with van der Waals surface area (Å²) in [7, 11) is 0. The molecule has 0 aliphatic carbocycles. The van der Waals surface area contributed by atoms with Crippen molar-refractivity contribution < 1.29 is 71.8 Å². The summed E-state index contributed by atoms with van der Waals surface area (Å²) in [4.78, 5) is 84.9. The first-order chi connectivity index (χ1) is 24.1. The number of aliphatic carboxylic acids is 1. The molecule has 51 heavy (non-hydrogen) atoms. The summed E-state index contributed by atoms with van der Waals surface area (Å²) < 4.78 is 38.1. The largest absolute Gasteiger partial charge is 0.480 e. The molecule has 1 saturated heterocycles. The highest BCUT2D eigenvalue weighted by molar-refractivity contribution is 5.80. The second-order valence-electron chi connectivity index (χ2n) is 11.4. The van der Waals surface area contributed by atoms with Crippen LogP contribution in [0.2, 0.25) is 0 Å². The molecule has 2 amide bonds. The quantitative estimate of drug-likeness (QED) is 0.135. The normalized spacial score (nSPS) is 20.8. The van der Waals surface area contributed by atoms with Gasteiger partial charge in [0, 0.05) is 27.7 Å². The minimum Gasteiger partial charge on any atom is -0.480 e. The summed E-state index contributed by atoms with van der Waals surface area (Å²) in [5, 5.41) is 14.6. The van der Waals surface area contributed by atoms with Crippen LogP contribution in [0.5, 0.6) is 5.75 Å². The lowest BCUT2D eigenvalue weighted by Crippen LogP contribution is -2.67. The topological polar surface area (TPSA) is 228 Å². The van der Waals surface area contributed by atoms with E-state index < -0.39 is 91.2 Å². The molecule has 1 fully saturated rings. The van der Waals surface area contributed by atoms with Gasteiger partial charge in [-0.3, -0.25) is 24.0 Å². The van der Waals surface area contributed by atoms with Gasteiger partial charge in [0.25, 0.3) is 0 Å².